The minimum Gasteiger partial charge on any atom is -0.334 e. The van der Waals surface area contributed by atoms with Crippen molar-refractivity contribution in [2.75, 3.05) is 15.8 Å². The van der Waals surface area contributed by atoms with E-state index in [1.165, 1.54) is 12.8 Å². The molecule has 4 rings (SSSR count). The standard InChI is InChI=1S/C23H26N4O3S/c1-2-14-31(29,30)26-19-11-9-17(10-12-19)23(28)24-20-7-5-6-18(15-20)21-16-27-13-4-3-8-22(27)25-21/h5-7,9-12,15-16,26H,2-4,8,13-14H2,1H3,(H,24,28). The first-order valence-electron chi connectivity index (χ1n) is 10.5. The predicted octanol–water partition coefficient (Wildman–Crippen LogP) is 4.29. The van der Waals surface area contributed by atoms with Crippen molar-refractivity contribution in [3.8, 4) is 11.3 Å². The summed E-state index contributed by atoms with van der Waals surface area (Å²) in [5, 5.41) is 2.91. The van der Waals surface area contributed by atoms with Crippen LogP contribution in [0, 0.1) is 0 Å². The lowest BCUT2D eigenvalue weighted by molar-refractivity contribution is 0.102. The zero-order chi connectivity index (χ0) is 21.8. The molecule has 31 heavy (non-hydrogen) atoms. The lowest BCUT2D eigenvalue weighted by Crippen LogP contribution is -2.16. The van der Waals surface area contributed by atoms with E-state index in [4.69, 9.17) is 4.98 Å². The second-order valence-corrected chi connectivity index (χ2v) is 9.57. The van der Waals surface area contributed by atoms with E-state index in [1.807, 2.05) is 31.2 Å². The van der Waals surface area contributed by atoms with Gasteiger partial charge in [0.2, 0.25) is 10.0 Å². The molecule has 162 valence electrons. The molecule has 8 heteroatoms. The lowest BCUT2D eigenvalue weighted by atomic mass is 10.1. The normalized spacial score (nSPS) is 13.5. The number of fused-ring (bicyclic) bond motifs is 1. The van der Waals surface area contributed by atoms with Crippen molar-refractivity contribution in [2.45, 2.75) is 39.2 Å². The molecule has 2 N–H and O–H groups in total. The van der Waals surface area contributed by atoms with Crippen LogP contribution >= 0.6 is 0 Å². The fraction of sp³-hybridized carbons (Fsp3) is 0.304. The molecule has 0 aliphatic carbocycles. The second kappa shape index (κ2) is 8.93. The minimum absolute atomic E-state index is 0.0608. The van der Waals surface area contributed by atoms with E-state index in [0.717, 1.165) is 30.0 Å². The average Bonchev–Trinajstić information content (AvgIpc) is 3.18. The Morgan fingerprint density at radius 3 is 2.65 bits per heavy atom. The summed E-state index contributed by atoms with van der Waals surface area (Å²) >= 11 is 0. The fourth-order valence-electron chi connectivity index (χ4n) is 3.70. The Morgan fingerprint density at radius 1 is 1.10 bits per heavy atom. The molecule has 2 aromatic carbocycles. The third kappa shape index (κ3) is 5.14. The van der Waals surface area contributed by atoms with Crippen LogP contribution in [0.25, 0.3) is 11.3 Å². The van der Waals surface area contributed by atoms with E-state index in [1.54, 1.807) is 24.3 Å². The van der Waals surface area contributed by atoms with Crippen molar-refractivity contribution in [1.82, 2.24) is 9.55 Å². The average molecular weight is 439 g/mol. The van der Waals surface area contributed by atoms with Gasteiger partial charge in [-0.05, 0) is 55.7 Å². The number of aromatic nitrogens is 2. The van der Waals surface area contributed by atoms with Crippen LogP contribution < -0.4 is 10.0 Å². The van der Waals surface area contributed by atoms with Crippen LogP contribution in [0.5, 0.6) is 0 Å². The molecule has 0 bridgehead atoms. The van der Waals surface area contributed by atoms with Crippen LogP contribution in [-0.2, 0) is 23.0 Å². The molecule has 0 radical (unpaired) electrons. The SMILES string of the molecule is CCCS(=O)(=O)Nc1ccc(C(=O)Nc2cccc(-c3cn4c(n3)CCCC4)c2)cc1. The first-order valence-corrected chi connectivity index (χ1v) is 12.2. The molecule has 0 spiro atoms. The first kappa shape index (κ1) is 21.1. The maximum Gasteiger partial charge on any atom is 0.255 e. The quantitative estimate of drug-likeness (QED) is 0.575. The highest BCUT2D eigenvalue weighted by atomic mass is 32.2. The number of aryl methyl sites for hydroxylation is 2. The summed E-state index contributed by atoms with van der Waals surface area (Å²) in [6.07, 6.45) is 5.97. The number of benzene rings is 2. The minimum atomic E-state index is -3.36. The summed E-state index contributed by atoms with van der Waals surface area (Å²) in [5.74, 6) is 0.917. The highest BCUT2D eigenvalue weighted by molar-refractivity contribution is 7.92. The molecule has 3 aromatic rings. The largest absolute Gasteiger partial charge is 0.334 e. The summed E-state index contributed by atoms with van der Waals surface area (Å²) in [5.41, 5.74) is 3.44. The van der Waals surface area contributed by atoms with Gasteiger partial charge >= 0.3 is 0 Å². The number of imidazole rings is 1. The van der Waals surface area contributed by atoms with Gasteiger partial charge in [-0.1, -0.05) is 19.1 Å². The summed E-state index contributed by atoms with van der Waals surface area (Å²) in [7, 11) is -3.36. The van der Waals surface area contributed by atoms with Gasteiger partial charge in [0.15, 0.2) is 0 Å². The van der Waals surface area contributed by atoms with Gasteiger partial charge < -0.3 is 9.88 Å². The van der Waals surface area contributed by atoms with Gasteiger partial charge in [-0.2, -0.15) is 0 Å². The molecule has 1 amide bonds. The van der Waals surface area contributed by atoms with Gasteiger partial charge in [-0.15, -0.1) is 0 Å². The van der Waals surface area contributed by atoms with Crippen molar-refractivity contribution in [3.05, 3.63) is 66.1 Å². The third-order valence-corrected chi connectivity index (χ3v) is 6.71. The number of carbonyl (C=O) groups excluding carboxylic acids is 1. The van der Waals surface area contributed by atoms with Gasteiger partial charge in [-0.25, -0.2) is 13.4 Å². The number of carbonyl (C=O) groups is 1. The number of hydrogen-bond acceptors (Lipinski definition) is 4. The number of nitrogens with one attached hydrogen (secondary N) is 2. The Hall–Kier alpha value is -3.13. The molecule has 0 saturated carbocycles. The number of hydrogen-bond donors (Lipinski definition) is 2. The van der Waals surface area contributed by atoms with E-state index in [-0.39, 0.29) is 11.7 Å². The second-order valence-electron chi connectivity index (χ2n) is 7.73. The molecule has 1 aliphatic heterocycles. The van der Waals surface area contributed by atoms with Gasteiger partial charge in [0, 0.05) is 41.7 Å². The molecule has 1 aromatic heterocycles. The molecule has 0 atom stereocenters. The molecule has 7 nitrogen and oxygen atoms in total. The Morgan fingerprint density at radius 2 is 1.90 bits per heavy atom. The fourth-order valence-corrected chi connectivity index (χ4v) is 4.83. The highest BCUT2D eigenvalue weighted by Crippen LogP contribution is 2.25. The number of nitrogens with zero attached hydrogens (tertiary/aromatic N) is 2. The molecule has 0 fully saturated rings. The van der Waals surface area contributed by atoms with Crippen LogP contribution in [0.2, 0.25) is 0 Å². The highest BCUT2D eigenvalue weighted by Gasteiger charge is 2.14. The summed E-state index contributed by atoms with van der Waals surface area (Å²) < 4.78 is 28.5. The topological polar surface area (TPSA) is 93.1 Å². The molecular formula is C23H26N4O3S. The smallest absolute Gasteiger partial charge is 0.255 e. The van der Waals surface area contributed by atoms with Crippen molar-refractivity contribution in [1.29, 1.82) is 0 Å². The Balaban J connectivity index is 1.45. The van der Waals surface area contributed by atoms with Crippen LogP contribution in [0.15, 0.2) is 54.7 Å². The third-order valence-electron chi connectivity index (χ3n) is 5.22. The number of rotatable bonds is 7. The van der Waals surface area contributed by atoms with Crippen LogP contribution in [0.1, 0.15) is 42.4 Å². The first-order chi connectivity index (χ1) is 14.9. The van der Waals surface area contributed by atoms with E-state index in [2.05, 4.69) is 20.8 Å². The molecular weight excluding hydrogens is 412 g/mol. The molecule has 1 aliphatic rings. The number of amides is 1. The maximum absolute atomic E-state index is 12.7. The van der Waals surface area contributed by atoms with Crippen molar-refractivity contribution < 1.29 is 13.2 Å². The van der Waals surface area contributed by atoms with E-state index < -0.39 is 10.0 Å². The Labute approximate surface area is 182 Å². The van der Waals surface area contributed by atoms with Crippen LogP contribution in [-0.4, -0.2) is 29.6 Å². The van der Waals surface area contributed by atoms with Gasteiger partial charge in [0.25, 0.3) is 5.91 Å². The summed E-state index contributed by atoms with van der Waals surface area (Å²) in [4.78, 5) is 17.4. The monoisotopic (exact) mass is 438 g/mol. The van der Waals surface area contributed by atoms with E-state index in [9.17, 15) is 13.2 Å². The van der Waals surface area contributed by atoms with Crippen molar-refractivity contribution in [2.24, 2.45) is 0 Å². The van der Waals surface area contributed by atoms with Crippen molar-refractivity contribution >= 4 is 27.3 Å². The van der Waals surface area contributed by atoms with Gasteiger partial charge in [0.05, 0.1) is 11.4 Å². The zero-order valence-corrected chi connectivity index (χ0v) is 18.3. The summed E-state index contributed by atoms with van der Waals surface area (Å²) in [6.45, 7) is 2.81. The van der Waals surface area contributed by atoms with E-state index >= 15 is 0 Å². The Kier molecular flexibility index (Phi) is 6.08. The van der Waals surface area contributed by atoms with Gasteiger partial charge in [0.1, 0.15) is 5.82 Å². The number of sulfonamides is 1. The van der Waals surface area contributed by atoms with Crippen LogP contribution in [0.3, 0.4) is 0 Å². The molecule has 2 heterocycles. The summed E-state index contributed by atoms with van der Waals surface area (Å²) in [6, 6.07) is 14.0. The molecule has 0 saturated heterocycles. The van der Waals surface area contributed by atoms with E-state index in [0.29, 0.717) is 23.4 Å². The number of anilines is 2. The van der Waals surface area contributed by atoms with Crippen molar-refractivity contribution in [3.63, 3.8) is 0 Å². The van der Waals surface area contributed by atoms with Crippen LogP contribution in [0.4, 0.5) is 11.4 Å². The predicted molar refractivity (Wildman–Crippen MR) is 123 cm³/mol. The zero-order valence-electron chi connectivity index (χ0n) is 17.5. The van der Waals surface area contributed by atoms with Gasteiger partial charge in [-0.3, -0.25) is 9.52 Å². The molecule has 0 unspecified atom stereocenters. The Bertz CT molecular complexity index is 1160. The maximum atomic E-state index is 12.7. The lowest BCUT2D eigenvalue weighted by Gasteiger charge is -2.11.